The standard InChI is InChI=1S/C27H25N7O5/c1-27(2,16-9-5-4-6-10-16)31-26(37)39-21-15-19-22(38-21)23(33-32-19)30-24(35)17-11-7-8-12-18(17)29-25(36)20-13-14-28-34(20)3/h4-15H,1-3H3,(H,29,36)(H,31,37)(H2,30,32,33,35). The zero-order valence-corrected chi connectivity index (χ0v) is 21.3. The molecule has 0 aliphatic rings. The molecule has 5 aromatic rings. The minimum absolute atomic E-state index is 0.0839. The molecule has 0 aliphatic carbocycles. The van der Waals surface area contributed by atoms with E-state index >= 15 is 0 Å². The van der Waals surface area contributed by atoms with Crippen molar-refractivity contribution in [1.29, 1.82) is 0 Å². The van der Waals surface area contributed by atoms with Gasteiger partial charge in [-0.05, 0) is 37.6 Å². The number of nitrogens with zero attached hydrogens (tertiary/aromatic N) is 3. The van der Waals surface area contributed by atoms with Gasteiger partial charge in [0.15, 0.2) is 5.82 Å². The van der Waals surface area contributed by atoms with Gasteiger partial charge in [0, 0.05) is 19.3 Å². The van der Waals surface area contributed by atoms with Crippen molar-refractivity contribution in [3.63, 3.8) is 0 Å². The van der Waals surface area contributed by atoms with Crippen LogP contribution in [0.4, 0.5) is 16.3 Å². The third-order valence-corrected chi connectivity index (χ3v) is 6.02. The number of carbonyl (C=O) groups is 3. The van der Waals surface area contributed by atoms with Gasteiger partial charge in [0.05, 0.1) is 16.8 Å². The van der Waals surface area contributed by atoms with Crippen LogP contribution in [-0.4, -0.2) is 37.9 Å². The number of furan rings is 1. The van der Waals surface area contributed by atoms with Crippen LogP contribution in [0.25, 0.3) is 11.1 Å². The lowest BCUT2D eigenvalue weighted by molar-refractivity contribution is 0.101. The Morgan fingerprint density at radius 3 is 2.46 bits per heavy atom. The fourth-order valence-corrected chi connectivity index (χ4v) is 3.98. The first-order chi connectivity index (χ1) is 18.7. The molecule has 3 amide bonds. The molecule has 0 fully saturated rings. The second kappa shape index (κ2) is 10.2. The molecular formula is C27H25N7O5. The number of rotatable bonds is 7. The number of aromatic amines is 1. The fourth-order valence-electron chi connectivity index (χ4n) is 3.98. The number of nitrogens with one attached hydrogen (secondary N) is 4. The number of ether oxygens (including phenoxy) is 1. The van der Waals surface area contributed by atoms with Gasteiger partial charge in [-0.25, -0.2) is 4.79 Å². The first-order valence-corrected chi connectivity index (χ1v) is 11.9. The Balaban J connectivity index is 1.28. The van der Waals surface area contributed by atoms with Crippen LogP contribution >= 0.6 is 0 Å². The average Bonchev–Trinajstić information content (AvgIpc) is 3.61. The van der Waals surface area contributed by atoms with Gasteiger partial charge in [-0.2, -0.15) is 10.2 Å². The van der Waals surface area contributed by atoms with Crippen LogP contribution in [0.1, 0.15) is 40.3 Å². The molecule has 2 aromatic carbocycles. The van der Waals surface area contributed by atoms with Crippen LogP contribution in [-0.2, 0) is 12.6 Å². The van der Waals surface area contributed by atoms with Crippen molar-refractivity contribution >= 4 is 40.5 Å². The lowest BCUT2D eigenvalue weighted by Gasteiger charge is -2.25. The summed E-state index contributed by atoms with van der Waals surface area (Å²) in [6.45, 7) is 3.70. The topological polar surface area (TPSA) is 156 Å². The molecule has 0 spiro atoms. The maximum absolute atomic E-state index is 13.1. The predicted octanol–water partition coefficient (Wildman–Crippen LogP) is 4.42. The average molecular weight is 528 g/mol. The largest absolute Gasteiger partial charge is 0.419 e. The summed E-state index contributed by atoms with van der Waals surface area (Å²) in [7, 11) is 1.64. The molecule has 4 N–H and O–H groups in total. The number of H-pyrrole nitrogens is 1. The van der Waals surface area contributed by atoms with Crippen molar-refractivity contribution in [2.75, 3.05) is 10.6 Å². The van der Waals surface area contributed by atoms with Crippen LogP contribution in [0.2, 0.25) is 0 Å². The van der Waals surface area contributed by atoms with Crippen molar-refractivity contribution in [2.24, 2.45) is 7.05 Å². The summed E-state index contributed by atoms with van der Waals surface area (Å²) in [6.07, 6.45) is 0.794. The van der Waals surface area contributed by atoms with Gasteiger partial charge < -0.3 is 25.1 Å². The quantitative estimate of drug-likeness (QED) is 0.244. The summed E-state index contributed by atoms with van der Waals surface area (Å²) in [4.78, 5) is 38.3. The smallest absolute Gasteiger partial charge is 0.415 e. The molecule has 5 rings (SSSR count). The molecule has 0 unspecified atom stereocenters. The number of aryl methyl sites for hydroxylation is 1. The van der Waals surface area contributed by atoms with Crippen LogP contribution in [0.5, 0.6) is 5.95 Å². The summed E-state index contributed by atoms with van der Waals surface area (Å²) >= 11 is 0. The lowest BCUT2D eigenvalue weighted by Crippen LogP contribution is -2.42. The van der Waals surface area contributed by atoms with Crippen LogP contribution in [0.15, 0.2) is 77.3 Å². The highest BCUT2D eigenvalue weighted by Crippen LogP contribution is 2.30. The molecule has 3 heterocycles. The minimum atomic E-state index is -0.711. The van der Waals surface area contributed by atoms with E-state index in [-0.39, 0.29) is 22.9 Å². The molecule has 0 atom stereocenters. The number of hydrogen-bond donors (Lipinski definition) is 4. The molecule has 12 heteroatoms. The van der Waals surface area contributed by atoms with Gasteiger partial charge in [-0.15, -0.1) is 0 Å². The van der Waals surface area contributed by atoms with E-state index in [1.807, 2.05) is 44.2 Å². The zero-order valence-electron chi connectivity index (χ0n) is 21.3. The van der Waals surface area contributed by atoms with Crippen LogP contribution in [0, 0.1) is 0 Å². The van der Waals surface area contributed by atoms with Crippen molar-refractivity contribution < 1.29 is 23.5 Å². The fraction of sp³-hybridized carbons (Fsp3) is 0.148. The van der Waals surface area contributed by atoms with Gasteiger partial charge in [0.1, 0.15) is 11.2 Å². The van der Waals surface area contributed by atoms with Gasteiger partial charge in [-0.3, -0.25) is 19.4 Å². The molecule has 0 saturated carbocycles. The summed E-state index contributed by atoms with van der Waals surface area (Å²) < 4.78 is 12.4. The lowest BCUT2D eigenvalue weighted by atomic mass is 9.95. The second-order valence-electron chi connectivity index (χ2n) is 9.18. The maximum Gasteiger partial charge on any atom is 0.415 e. The molecule has 3 aromatic heterocycles. The first-order valence-electron chi connectivity index (χ1n) is 11.9. The van der Waals surface area contributed by atoms with E-state index in [2.05, 4.69) is 31.2 Å². The molecule has 0 radical (unpaired) electrons. The summed E-state index contributed by atoms with van der Waals surface area (Å²) in [6, 6.07) is 19.0. The van der Waals surface area contributed by atoms with Gasteiger partial charge in [-0.1, -0.05) is 42.5 Å². The van der Waals surface area contributed by atoms with Gasteiger partial charge in [0.25, 0.3) is 17.8 Å². The molecule has 0 bridgehead atoms. The molecule has 0 aliphatic heterocycles. The number of benzene rings is 2. The Morgan fingerprint density at radius 1 is 0.974 bits per heavy atom. The maximum atomic E-state index is 13.1. The molecular weight excluding hydrogens is 502 g/mol. The highest BCUT2D eigenvalue weighted by molar-refractivity contribution is 6.13. The Kier molecular flexibility index (Phi) is 6.59. The van der Waals surface area contributed by atoms with Gasteiger partial charge >= 0.3 is 6.09 Å². The van der Waals surface area contributed by atoms with E-state index < -0.39 is 23.4 Å². The van der Waals surface area contributed by atoms with E-state index in [9.17, 15) is 14.4 Å². The monoisotopic (exact) mass is 527 g/mol. The van der Waals surface area contributed by atoms with E-state index in [1.54, 1.807) is 37.4 Å². The molecule has 12 nitrogen and oxygen atoms in total. The van der Waals surface area contributed by atoms with Crippen molar-refractivity contribution in [3.05, 3.63) is 89.7 Å². The third kappa shape index (κ3) is 5.34. The Bertz CT molecular complexity index is 1670. The predicted molar refractivity (Wildman–Crippen MR) is 143 cm³/mol. The zero-order chi connectivity index (χ0) is 27.6. The number of fused-ring (bicyclic) bond motifs is 1. The Labute approximate surface area is 222 Å². The Hall–Kier alpha value is -5.39. The van der Waals surface area contributed by atoms with Crippen molar-refractivity contribution in [2.45, 2.75) is 19.4 Å². The van der Waals surface area contributed by atoms with Gasteiger partial charge in [0.2, 0.25) is 5.58 Å². The van der Waals surface area contributed by atoms with Crippen LogP contribution in [0.3, 0.4) is 0 Å². The van der Waals surface area contributed by atoms with E-state index in [4.69, 9.17) is 9.15 Å². The number of para-hydroxylation sites is 1. The number of amides is 3. The Morgan fingerprint density at radius 2 is 1.72 bits per heavy atom. The minimum Gasteiger partial charge on any atom is -0.419 e. The highest BCUT2D eigenvalue weighted by atomic mass is 16.6. The van der Waals surface area contributed by atoms with Crippen molar-refractivity contribution in [3.8, 4) is 5.95 Å². The summed E-state index contributed by atoms with van der Waals surface area (Å²) in [5.74, 6) is -0.952. The second-order valence-corrected chi connectivity index (χ2v) is 9.18. The first kappa shape index (κ1) is 25.3. The van der Waals surface area contributed by atoms with E-state index in [0.29, 0.717) is 16.9 Å². The molecule has 0 saturated heterocycles. The van der Waals surface area contributed by atoms with E-state index in [0.717, 1.165) is 5.56 Å². The normalized spacial score (nSPS) is 11.3. The SMILES string of the molecule is Cn1nccc1C(=O)Nc1ccccc1C(=O)Nc1n[nH]c2cc(OC(=O)NC(C)(C)c3ccccc3)oc12. The number of hydrogen-bond acceptors (Lipinski definition) is 7. The third-order valence-electron chi connectivity index (χ3n) is 6.02. The van der Waals surface area contributed by atoms with E-state index in [1.165, 1.54) is 16.9 Å². The van der Waals surface area contributed by atoms with Crippen molar-refractivity contribution in [1.82, 2.24) is 25.3 Å². The van der Waals surface area contributed by atoms with Crippen LogP contribution < -0.4 is 20.7 Å². The molecule has 198 valence electrons. The number of aromatic nitrogens is 4. The number of anilines is 2. The summed E-state index contributed by atoms with van der Waals surface area (Å²) in [5.41, 5.74) is 1.64. The summed E-state index contributed by atoms with van der Waals surface area (Å²) in [5, 5.41) is 19.0. The highest BCUT2D eigenvalue weighted by Gasteiger charge is 2.25. The molecule has 39 heavy (non-hydrogen) atoms. The number of carbonyl (C=O) groups excluding carboxylic acids is 3.